The second kappa shape index (κ2) is 8.39. The van der Waals surface area contributed by atoms with Crippen LogP contribution in [-0.4, -0.2) is 33.6 Å². The van der Waals surface area contributed by atoms with E-state index in [0.29, 0.717) is 12.6 Å². The average molecular weight is 348 g/mol. The quantitative estimate of drug-likeness (QED) is 0.742. The first kappa shape index (κ1) is 17.1. The van der Waals surface area contributed by atoms with E-state index in [1.54, 1.807) is 17.7 Å². The number of hydrogen-bond acceptors (Lipinski definition) is 6. The van der Waals surface area contributed by atoms with Gasteiger partial charge in [0.1, 0.15) is 17.0 Å². The highest BCUT2D eigenvalue weighted by atomic mass is 32.1. The summed E-state index contributed by atoms with van der Waals surface area (Å²) in [4.78, 5) is 21.4. The molecule has 130 valence electrons. The Balaban J connectivity index is 1.70. The third-order valence-electron chi connectivity index (χ3n) is 4.40. The molecule has 0 aromatic carbocycles. The van der Waals surface area contributed by atoms with Crippen molar-refractivity contribution in [3.8, 4) is 0 Å². The van der Waals surface area contributed by atoms with Gasteiger partial charge < -0.3 is 15.7 Å². The number of carboxylic acids is 1. The van der Waals surface area contributed by atoms with Crippen LogP contribution in [0.15, 0.2) is 12.4 Å². The van der Waals surface area contributed by atoms with Crippen LogP contribution in [0, 0.1) is 0 Å². The van der Waals surface area contributed by atoms with Gasteiger partial charge in [-0.25, -0.2) is 9.97 Å². The van der Waals surface area contributed by atoms with Crippen molar-refractivity contribution in [3.63, 3.8) is 0 Å². The Kier molecular flexibility index (Phi) is 5.98. The first-order chi connectivity index (χ1) is 11.7. The zero-order valence-electron chi connectivity index (χ0n) is 13.8. The third-order valence-corrected chi connectivity index (χ3v) is 5.44. The van der Waals surface area contributed by atoms with Gasteiger partial charge in [0.25, 0.3) is 0 Å². The van der Waals surface area contributed by atoms with Crippen LogP contribution in [0.2, 0.25) is 0 Å². The molecule has 7 heteroatoms. The van der Waals surface area contributed by atoms with Gasteiger partial charge in [-0.3, -0.25) is 4.79 Å². The van der Waals surface area contributed by atoms with Gasteiger partial charge in [-0.05, 0) is 18.9 Å². The summed E-state index contributed by atoms with van der Waals surface area (Å²) in [6.07, 6.45) is 10.6. The van der Waals surface area contributed by atoms with E-state index in [2.05, 4.69) is 26.7 Å². The van der Waals surface area contributed by atoms with Gasteiger partial charge in [0.05, 0.1) is 11.9 Å². The molecule has 0 atom stereocenters. The summed E-state index contributed by atoms with van der Waals surface area (Å²) in [6, 6.07) is 2.55. The normalized spacial score (nSPS) is 16.7. The second-order valence-electron chi connectivity index (χ2n) is 6.34. The lowest BCUT2D eigenvalue weighted by atomic mass is 9.97. The number of nitrogens with zero attached hydrogens (tertiary/aromatic N) is 2. The van der Waals surface area contributed by atoms with E-state index in [0.717, 1.165) is 20.9 Å². The largest absolute Gasteiger partial charge is 0.480 e. The van der Waals surface area contributed by atoms with Crippen molar-refractivity contribution in [1.82, 2.24) is 15.3 Å². The molecule has 1 aliphatic carbocycles. The minimum atomic E-state index is -0.845. The summed E-state index contributed by atoms with van der Waals surface area (Å²) in [5.74, 6) is 0.0637. The number of anilines is 1. The third kappa shape index (κ3) is 4.64. The maximum Gasteiger partial charge on any atom is 0.317 e. The Morgan fingerprint density at radius 2 is 1.96 bits per heavy atom. The molecular weight excluding hydrogens is 324 g/mol. The molecule has 0 radical (unpaired) electrons. The molecule has 2 aromatic heterocycles. The molecule has 0 aliphatic heterocycles. The van der Waals surface area contributed by atoms with Gasteiger partial charge in [-0.1, -0.05) is 32.1 Å². The maximum absolute atomic E-state index is 10.6. The molecular formula is C17H24N4O2S. The van der Waals surface area contributed by atoms with E-state index < -0.39 is 5.97 Å². The minimum Gasteiger partial charge on any atom is -0.480 e. The Hall–Kier alpha value is -1.73. The van der Waals surface area contributed by atoms with Gasteiger partial charge in [0.2, 0.25) is 0 Å². The molecule has 1 fully saturated rings. The molecule has 0 saturated heterocycles. The number of thiophene rings is 1. The molecule has 3 N–H and O–H groups in total. The molecule has 1 saturated carbocycles. The average Bonchev–Trinajstić information content (AvgIpc) is 2.93. The smallest absolute Gasteiger partial charge is 0.317 e. The molecule has 6 nitrogen and oxygen atoms in total. The Bertz CT molecular complexity index is 680. The number of nitrogens with one attached hydrogen (secondary N) is 2. The highest BCUT2D eigenvalue weighted by molar-refractivity contribution is 7.18. The van der Waals surface area contributed by atoms with Crippen LogP contribution >= 0.6 is 11.3 Å². The van der Waals surface area contributed by atoms with Gasteiger partial charge in [-0.15, -0.1) is 11.3 Å². The standard InChI is InChI=1S/C17H24N4O2S/c22-15(23)10-18-9-13-8-14-16(19-11-20-17(14)24-13)21-12-6-4-2-1-3-5-7-12/h8,11-12,18H,1-7,9-10H2,(H,22,23)(H,19,20,21). The molecule has 0 bridgehead atoms. The Morgan fingerprint density at radius 1 is 1.21 bits per heavy atom. The van der Waals surface area contributed by atoms with Crippen LogP contribution in [0.1, 0.15) is 49.8 Å². The molecule has 2 heterocycles. The number of carboxylic acid groups (broad SMARTS) is 1. The van der Waals surface area contributed by atoms with E-state index in [9.17, 15) is 4.79 Å². The summed E-state index contributed by atoms with van der Waals surface area (Å²) in [6.45, 7) is 0.503. The van der Waals surface area contributed by atoms with Gasteiger partial charge >= 0.3 is 5.97 Å². The predicted octanol–water partition coefficient (Wildman–Crippen LogP) is 3.39. The maximum atomic E-state index is 10.6. The van der Waals surface area contributed by atoms with Crippen molar-refractivity contribution < 1.29 is 9.90 Å². The summed E-state index contributed by atoms with van der Waals surface area (Å²) in [7, 11) is 0. The number of hydrogen-bond donors (Lipinski definition) is 3. The van der Waals surface area contributed by atoms with Crippen molar-refractivity contribution in [2.45, 2.75) is 57.5 Å². The van der Waals surface area contributed by atoms with E-state index in [-0.39, 0.29) is 6.54 Å². The van der Waals surface area contributed by atoms with Gasteiger partial charge in [-0.2, -0.15) is 0 Å². The van der Waals surface area contributed by atoms with Crippen molar-refractivity contribution >= 4 is 33.3 Å². The zero-order valence-corrected chi connectivity index (χ0v) is 14.6. The number of rotatable bonds is 6. The highest BCUT2D eigenvalue weighted by Gasteiger charge is 2.15. The van der Waals surface area contributed by atoms with E-state index >= 15 is 0 Å². The van der Waals surface area contributed by atoms with Crippen LogP contribution in [0.4, 0.5) is 5.82 Å². The Morgan fingerprint density at radius 3 is 2.71 bits per heavy atom. The number of aliphatic carboxylic acids is 1. The lowest BCUT2D eigenvalue weighted by Gasteiger charge is -2.21. The van der Waals surface area contributed by atoms with Crippen molar-refractivity contribution in [2.75, 3.05) is 11.9 Å². The fourth-order valence-corrected chi connectivity index (χ4v) is 4.16. The SMILES string of the molecule is O=C(O)CNCc1cc2c(NC3CCCCCCC3)ncnc2s1. The van der Waals surface area contributed by atoms with Crippen molar-refractivity contribution in [2.24, 2.45) is 0 Å². The van der Waals surface area contributed by atoms with Crippen LogP contribution in [0.25, 0.3) is 10.2 Å². The van der Waals surface area contributed by atoms with E-state index in [1.165, 1.54) is 44.9 Å². The lowest BCUT2D eigenvalue weighted by Crippen LogP contribution is -2.21. The molecule has 0 spiro atoms. The Labute approximate surface area is 145 Å². The summed E-state index contributed by atoms with van der Waals surface area (Å²) in [5, 5.41) is 16.3. The molecule has 24 heavy (non-hydrogen) atoms. The lowest BCUT2D eigenvalue weighted by molar-refractivity contribution is -0.135. The van der Waals surface area contributed by atoms with Crippen LogP contribution in [0.5, 0.6) is 0 Å². The summed E-state index contributed by atoms with van der Waals surface area (Å²) < 4.78 is 0. The fourth-order valence-electron chi connectivity index (χ4n) is 3.19. The summed E-state index contributed by atoms with van der Waals surface area (Å²) >= 11 is 1.59. The topological polar surface area (TPSA) is 87.1 Å². The first-order valence-electron chi connectivity index (χ1n) is 8.65. The molecule has 0 amide bonds. The number of aromatic nitrogens is 2. The molecule has 3 rings (SSSR count). The minimum absolute atomic E-state index is 0.0346. The number of carbonyl (C=O) groups is 1. The fraction of sp³-hybridized carbons (Fsp3) is 0.588. The molecule has 1 aliphatic rings. The van der Waals surface area contributed by atoms with E-state index in [1.807, 2.05) is 0 Å². The molecule has 0 unspecified atom stereocenters. The second-order valence-corrected chi connectivity index (χ2v) is 7.45. The summed E-state index contributed by atoms with van der Waals surface area (Å²) in [5.41, 5.74) is 0. The van der Waals surface area contributed by atoms with Gasteiger partial charge in [0.15, 0.2) is 0 Å². The van der Waals surface area contributed by atoms with Gasteiger partial charge in [0, 0.05) is 17.5 Å². The van der Waals surface area contributed by atoms with Crippen molar-refractivity contribution in [1.29, 1.82) is 0 Å². The molecule has 2 aromatic rings. The number of fused-ring (bicyclic) bond motifs is 1. The van der Waals surface area contributed by atoms with Crippen LogP contribution in [0.3, 0.4) is 0 Å². The predicted molar refractivity (Wildman–Crippen MR) is 96.5 cm³/mol. The first-order valence-corrected chi connectivity index (χ1v) is 9.46. The monoisotopic (exact) mass is 348 g/mol. The van der Waals surface area contributed by atoms with Crippen LogP contribution < -0.4 is 10.6 Å². The highest BCUT2D eigenvalue weighted by Crippen LogP contribution is 2.29. The van der Waals surface area contributed by atoms with Crippen LogP contribution in [-0.2, 0) is 11.3 Å². The zero-order chi connectivity index (χ0) is 16.8. The van der Waals surface area contributed by atoms with E-state index in [4.69, 9.17) is 5.11 Å². The van der Waals surface area contributed by atoms with Crippen molar-refractivity contribution in [3.05, 3.63) is 17.3 Å².